The first kappa shape index (κ1) is 15.0. The predicted molar refractivity (Wildman–Crippen MR) is 85.4 cm³/mol. The quantitative estimate of drug-likeness (QED) is 0.657. The summed E-state index contributed by atoms with van der Waals surface area (Å²) in [5, 5.41) is 5.00. The molecule has 0 bridgehead atoms. The Bertz CT molecular complexity index is 385. The standard InChI is InChI=1S/C16H23Cl2N/c1-2-4-12-5-3-6-15(8-7-12)19-16-10-13(17)9-14(18)11-16/h9-12,15,19H,2-8H2,1H3. The fraction of sp³-hybridized carbons (Fsp3) is 0.625. The first-order chi connectivity index (χ1) is 9.17. The molecule has 0 heterocycles. The molecule has 1 fully saturated rings. The van der Waals surface area contributed by atoms with Gasteiger partial charge in [0.1, 0.15) is 0 Å². The van der Waals surface area contributed by atoms with E-state index in [1.807, 2.05) is 12.1 Å². The van der Waals surface area contributed by atoms with Gasteiger partial charge in [-0.1, -0.05) is 55.8 Å². The normalized spacial score (nSPS) is 23.9. The maximum absolute atomic E-state index is 6.04. The van der Waals surface area contributed by atoms with Gasteiger partial charge in [-0.05, 0) is 43.4 Å². The van der Waals surface area contributed by atoms with Crippen LogP contribution in [0.25, 0.3) is 0 Å². The molecule has 0 aromatic heterocycles. The topological polar surface area (TPSA) is 12.0 Å². The second-order valence-corrected chi connectivity index (χ2v) is 6.54. The molecule has 1 saturated carbocycles. The molecule has 0 aliphatic heterocycles. The Hall–Kier alpha value is -0.400. The van der Waals surface area contributed by atoms with Crippen LogP contribution < -0.4 is 5.32 Å². The van der Waals surface area contributed by atoms with Crippen molar-refractivity contribution in [3.05, 3.63) is 28.2 Å². The van der Waals surface area contributed by atoms with Crippen molar-refractivity contribution in [2.45, 2.75) is 57.9 Å². The molecule has 0 radical (unpaired) electrons. The molecular weight excluding hydrogens is 277 g/mol. The van der Waals surface area contributed by atoms with Crippen LogP contribution in [0.15, 0.2) is 18.2 Å². The molecule has 0 saturated heterocycles. The highest BCUT2D eigenvalue weighted by Gasteiger charge is 2.18. The van der Waals surface area contributed by atoms with Crippen LogP contribution in [0.5, 0.6) is 0 Å². The minimum Gasteiger partial charge on any atom is -0.382 e. The van der Waals surface area contributed by atoms with Gasteiger partial charge in [-0.3, -0.25) is 0 Å². The molecule has 1 aliphatic rings. The van der Waals surface area contributed by atoms with Crippen molar-refractivity contribution < 1.29 is 0 Å². The summed E-state index contributed by atoms with van der Waals surface area (Å²) in [4.78, 5) is 0. The summed E-state index contributed by atoms with van der Waals surface area (Å²) in [5.74, 6) is 0.930. The molecule has 106 valence electrons. The van der Waals surface area contributed by atoms with Gasteiger partial charge < -0.3 is 5.32 Å². The number of rotatable bonds is 4. The monoisotopic (exact) mass is 299 g/mol. The summed E-state index contributed by atoms with van der Waals surface area (Å²) in [6.07, 6.45) is 9.28. The van der Waals surface area contributed by atoms with Crippen LogP contribution in [-0.4, -0.2) is 6.04 Å². The second kappa shape index (κ2) is 7.40. The zero-order chi connectivity index (χ0) is 13.7. The van der Waals surface area contributed by atoms with Crippen molar-refractivity contribution in [3.63, 3.8) is 0 Å². The highest BCUT2D eigenvalue weighted by atomic mass is 35.5. The molecular formula is C16H23Cl2N. The summed E-state index contributed by atoms with van der Waals surface area (Å²) in [5.41, 5.74) is 1.05. The lowest BCUT2D eigenvalue weighted by Gasteiger charge is -2.18. The van der Waals surface area contributed by atoms with Gasteiger partial charge in [0, 0.05) is 21.8 Å². The molecule has 3 heteroatoms. The smallest absolute Gasteiger partial charge is 0.0441 e. The number of hydrogen-bond donors (Lipinski definition) is 1. The minimum absolute atomic E-state index is 0.566. The fourth-order valence-corrected chi connectivity index (χ4v) is 3.62. The van der Waals surface area contributed by atoms with Gasteiger partial charge in [0.05, 0.1) is 0 Å². The number of nitrogens with one attached hydrogen (secondary N) is 1. The molecule has 0 spiro atoms. The van der Waals surface area contributed by atoms with Crippen molar-refractivity contribution >= 4 is 28.9 Å². The van der Waals surface area contributed by atoms with Gasteiger partial charge in [0.15, 0.2) is 0 Å². The highest BCUT2D eigenvalue weighted by molar-refractivity contribution is 6.35. The summed E-state index contributed by atoms with van der Waals surface area (Å²) >= 11 is 12.1. The largest absolute Gasteiger partial charge is 0.382 e. The van der Waals surface area contributed by atoms with Gasteiger partial charge >= 0.3 is 0 Å². The lowest BCUT2D eigenvalue weighted by molar-refractivity contribution is 0.422. The van der Waals surface area contributed by atoms with E-state index in [4.69, 9.17) is 23.2 Å². The molecule has 19 heavy (non-hydrogen) atoms. The van der Waals surface area contributed by atoms with Gasteiger partial charge in [0.25, 0.3) is 0 Å². The van der Waals surface area contributed by atoms with Crippen molar-refractivity contribution in [3.8, 4) is 0 Å². The summed E-state index contributed by atoms with van der Waals surface area (Å²) < 4.78 is 0. The van der Waals surface area contributed by atoms with Crippen molar-refractivity contribution in [1.29, 1.82) is 0 Å². The predicted octanol–water partition coefficient (Wildman–Crippen LogP) is 6.15. The Labute approximate surface area is 126 Å². The maximum Gasteiger partial charge on any atom is 0.0441 e. The van der Waals surface area contributed by atoms with Crippen LogP contribution in [0.1, 0.15) is 51.9 Å². The number of halogens is 2. The Morgan fingerprint density at radius 3 is 2.47 bits per heavy atom. The van der Waals surface area contributed by atoms with E-state index in [0.29, 0.717) is 16.1 Å². The van der Waals surface area contributed by atoms with Crippen LogP contribution in [0, 0.1) is 5.92 Å². The number of anilines is 1. The Balaban J connectivity index is 1.92. The van der Waals surface area contributed by atoms with Crippen molar-refractivity contribution in [2.75, 3.05) is 5.32 Å². The minimum atomic E-state index is 0.566. The first-order valence-electron chi connectivity index (χ1n) is 7.40. The molecule has 1 aromatic rings. The van der Waals surface area contributed by atoms with Crippen LogP contribution in [0.2, 0.25) is 10.0 Å². The number of hydrogen-bond acceptors (Lipinski definition) is 1. The van der Waals surface area contributed by atoms with E-state index < -0.39 is 0 Å². The van der Waals surface area contributed by atoms with Crippen molar-refractivity contribution in [1.82, 2.24) is 0 Å². The SMILES string of the molecule is CCCC1CCCC(Nc2cc(Cl)cc(Cl)c2)CC1. The van der Waals surface area contributed by atoms with Gasteiger partial charge in [-0.15, -0.1) is 0 Å². The molecule has 2 atom stereocenters. The molecule has 1 aromatic carbocycles. The maximum atomic E-state index is 6.04. The molecule has 1 nitrogen and oxygen atoms in total. The third-order valence-corrected chi connectivity index (χ3v) is 4.46. The summed E-state index contributed by atoms with van der Waals surface area (Å²) in [6.45, 7) is 2.29. The molecule has 2 unspecified atom stereocenters. The van der Waals surface area contributed by atoms with E-state index in [2.05, 4.69) is 12.2 Å². The zero-order valence-electron chi connectivity index (χ0n) is 11.6. The lowest BCUT2D eigenvalue weighted by Crippen LogP contribution is -2.18. The third-order valence-electron chi connectivity index (χ3n) is 4.02. The van der Waals surface area contributed by atoms with Crippen LogP contribution >= 0.6 is 23.2 Å². The van der Waals surface area contributed by atoms with Gasteiger partial charge in [-0.2, -0.15) is 0 Å². The lowest BCUT2D eigenvalue weighted by atomic mass is 9.95. The highest BCUT2D eigenvalue weighted by Crippen LogP contribution is 2.29. The summed E-state index contributed by atoms with van der Waals surface area (Å²) in [6, 6.07) is 6.26. The van der Waals surface area contributed by atoms with Crippen molar-refractivity contribution in [2.24, 2.45) is 5.92 Å². The summed E-state index contributed by atoms with van der Waals surface area (Å²) in [7, 11) is 0. The second-order valence-electron chi connectivity index (χ2n) is 5.66. The van der Waals surface area contributed by atoms with E-state index in [-0.39, 0.29) is 0 Å². The third kappa shape index (κ3) is 4.89. The van der Waals surface area contributed by atoms with Gasteiger partial charge in [0.2, 0.25) is 0 Å². The average molecular weight is 300 g/mol. The average Bonchev–Trinajstić information content (AvgIpc) is 2.54. The van der Waals surface area contributed by atoms with E-state index in [1.54, 1.807) is 6.07 Å². The van der Waals surface area contributed by atoms with Crippen LogP contribution in [-0.2, 0) is 0 Å². The molecule has 1 N–H and O–H groups in total. The van der Waals surface area contributed by atoms with E-state index in [0.717, 1.165) is 11.6 Å². The zero-order valence-corrected chi connectivity index (χ0v) is 13.1. The van der Waals surface area contributed by atoms with E-state index in [1.165, 1.54) is 44.9 Å². The fourth-order valence-electron chi connectivity index (χ4n) is 3.09. The van der Waals surface area contributed by atoms with Gasteiger partial charge in [-0.25, -0.2) is 0 Å². The first-order valence-corrected chi connectivity index (χ1v) is 8.15. The Morgan fingerprint density at radius 2 is 1.79 bits per heavy atom. The Morgan fingerprint density at radius 1 is 1.05 bits per heavy atom. The molecule has 0 amide bonds. The van der Waals surface area contributed by atoms with Crippen LogP contribution in [0.3, 0.4) is 0 Å². The number of benzene rings is 1. The van der Waals surface area contributed by atoms with Crippen LogP contribution in [0.4, 0.5) is 5.69 Å². The molecule has 2 rings (SSSR count). The molecule has 1 aliphatic carbocycles. The Kier molecular flexibility index (Phi) is 5.84. The van der Waals surface area contributed by atoms with E-state index in [9.17, 15) is 0 Å². The van der Waals surface area contributed by atoms with E-state index >= 15 is 0 Å².